The Balaban J connectivity index is 1.52. The molecular formula is C15H17N7. The smallest absolute Gasteiger partial charge is 0.225 e. The zero-order chi connectivity index (χ0) is 14.8. The number of nitrogens with zero attached hydrogens (tertiary/aromatic N) is 7. The van der Waals surface area contributed by atoms with Gasteiger partial charge in [-0.1, -0.05) is 0 Å². The standard InChI is InChI=1S/C15H17N7/c1-5-17-15(18-6-1)21-9-2-8-20(11-12-21)14-4-3-13-16-7-10-22(13)19-14/h1,3-7,10H,2,8-9,11-12H2. The van der Waals surface area contributed by atoms with Crippen LogP contribution in [-0.2, 0) is 0 Å². The lowest BCUT2D eigenvalue weighted by atomic mass is 10.3. The summed E-state index contributed by atoms with van der Waals surface area (Å²) in [4.78, 5) is 17.5. The van der Waals surface area contributed by atoms with Crippen molar-refractivity contribution in [3.8, 4) is 0 Å². The molecule has 0 N–H and O–H groups in total. The van der Waals surface area contributed by atoms with Crippen LogP contribution in [0.4, 0.5) is 11.8 Å². The van der Waals surface area contributed by atoms with Gasteiger partial charge in [0.25, 0.3) is 0 Å². The van der Waals surface area contributed by atoms with E-state index in [0.29, 0.717) is 0 Å². The van der Waals surface area contributed by atoms with Gasteiger partial charge in [0.1, 0.15) is 5.82 Å². The third-order valence-corrected chi connectivity index (χ3v) is 3.90. The molecule has 1 fully saturated rings. The zero-order valence-electron chi connectivity index (χ0n) is 12.2. The van der Waals surface area contributed by atoms with Gasteiger partial charge in [-0.2, -0.15) is 0 Å². The molecule has 0 radical (unpaired) electrons. The lowest BCUT2D eigenvalue weighted by Crippen LogP contribution is -2.32. The number of fused-ring (bicyclic) bond motifs is 1. The topological polar surface area (TPSA) is 62.5 Å². The van der Waals surface area contributed by atoms with Crippen LogP contribution in [0.2, 0.25) is 0 Å². The fourth-order valence-electron chi connectivity index (χ4n) is 2.77. The molecule has 0 bridgehead atoms. The molecule has 0 unspecified atom stereocenters. The Morgan fingerprint density at radius 3 is 2.55 bits per heavy atom. The van der Waals surface area contributed by atoms with Crippen LogP contribution in [0.15, 0.2) is 43.0 Å². The first kappa shape index (κ1) is 13.0. The first-order valence-corrected chi connectivity index (χ1v) is 7.47. The molecule has 1 saturated heterocycles. The molecular weight excluding hydrogens is 278 g/mol. The molecule has 4 rings (SSSR count). The maximum Gasteiger partial charge on any atom is 0.225 e. The minimum Gasteiger partial charge on any atom is -0.353 e. The fourth-order valence-corrected chi connectivity index (χ4v) is 2.77. The average Bonchev–Trinajstić information content (AvgIpc) is 2.90. The van der Waals surface area contributed by atoms with Crippen LogP contribution in [0.5, 0.6) is 0 Å². The van der Waals surface area contributed by atoms with Crippen LogP contribution in [0.3, 0.4) is 0 Å². The summed E-state index contributed by atoms with van der Waals surface area (Å²) in [7, 11) is 0. The van der Waals surface area contributed by atoms with Crippen molar-refractivity contribution in [2.24, 2.45) is 0 Å². The summed E-state index contributed by atoms with van der Waals surface area (Å²) < 4.78 is 1.82. The molecule has 112 valence electrons. The van der Waals surface area contributed by atoms with Gasteiger partial charge in [0.15, 0.2) is 5.65 Å². The van der Waals surface area contributed by atoms with Crippen LogP contribution in [0, 0.1) is 0 Å². The largest absolute Gasteiger partial charge is 0.353 e. The van der Waals surface area contributed by atoms with E-state index in [9.17, 15) is 0 Å². The molecule has 22 heavy (non-hydrogen) atoms. The van der Waals surface area contributed by atoms with Crippen molar-refractivity contribution in [1.29, 1.82) is 0 Å². The van der Waals surface area contributed by atoms with Gasteiger partial charge in [0.2, 0.25) is 5.95 Å². The first-order valence-electron chi connectivity index (χ1n) is 7.47. The number of anilines is 2. The SMILES string of the molecule is c1cnc(N2CCCN(c3ccc4nccn4n3)CC2)nc1. The molecule has 0 amide bonds. The predicted molar refractivity (Wildman–Crippen MR) is 84.1 cm³/mol. The summed E-state index contributed by atoms with van der Waals surface area (Å²) in [5.41, 5.74) is 0.873. The molecule has 0 aliphatic carbocycles. The van der Waals surface area contributed by atoms with Crippen LogP contribution in [-0.4, -0.2) is 50.7 Å². The first-order chi connectivity index (χ1) is 10.9. The second kappa shape index (κ2) is 5.59. The Hall–Kier alpha value is -2.70. The van der Waals surface area contributed by atoms with Crippen molar-refractivity contribution < 1.29 is 0 Å². The summed E-state index contributed by atoms with van der Waals surface area (Å²) in [6.45, 7) is 3.75. The van der Waals surface area contributed by atoms with Gasteiger partial charge < -0.3 is 9.80 Å². The number of rotatable bonds is 2. The van der Waals surface area contributed by atoms with Crippen molar-refractivity contribution in [1.82, 2.24) is 24.6 Å². The van der Waals surface area contributed by atoms with Crippen molar-refractivity contribution >= 4 is 17.4 Å². The summed E-state index contributed by atoms with van der Waals surface area (Å²) in [6, 6.07) is 5.89. The van der Waals surface area contributed by atoms with Gasteiger partial charge >= 0.3 is 0 Å². The fraction of sp³-hybridized carbons (Fsp3) is 0.333. The van der Waals surface area contributed by atoms with E-state index in [4.69, 9.17) is 0 Å². The van der Waals surface area contributed by atoms with E-state index in [-0.39, 0.29) is 0 Å². The Labute approximate surface area is 128 Å². The van der Waals surface area contributed by atoms with E-state index in [0.717, 1.165) is 50.0 Å². The Morgan fingerprint density at radius 2 is 1.64 bits per heavy atom. The highest BCUT2D eigenvalue weighted by Gasteiger charge is 2.18. The maximum absolute atomic E-state index is 4.63. The average molecular weight is 295 g/mol. The molecule has 7 heteroatoms. The van der Waals surface area contributed by atoms with Gasteiger partial charge in [0.05, 0.1) is 0 Å². The zero-order valence-corrected chi connectivity index (χ0v) is 12.2. The van der Waals surface area contributed by atoms with Gasteiger partial charge in [-0.25, -0.2) is 19.5 Å². The Morgan fingerprint density at radius 1 is 0.818 bits per heavy atom. The van der Waals surface area contributed by atoms with E-state index in [2.05, 4.69) is 29.9 Å². The summed E-state index contributed by atoms with van der Waals surface area (Å²) in [5.74, 6) is 1.80. The van der Waals surface area contributed by atoms with Crippen LogP contribution < -0.4 is 9.80 Å². The van der Waals surface area contributed by atoms with Gasteiger partial charge in [-0.3, -0.25) is 0 Å². The van der Waals surface area contributed by atoms with E-state index < -0.39 is 0 Å². The van der Waals surface area contributed by atoms with Crippen LogP contribution >= 0.6 is 0 Å². The van der Waals surface area contributed by atoms with Gasteiger partial charge in [-0.15, -0.1) is 5.10 Å². The highest BCUT2D eigenvalue weighted by atomic mass is 15.3. The van der Waals surface area contributed by atoms with Crippen molar-refractivity contribution in [3.05, 3.63) is 43.0 Å². The minimum absolute atomic E-state index is 0.808. The monoisotopic (exact) mass is 295 g/mol. The minimum atomic E-state index is 0.808. The lowest BCUT2D eigenvalue weighted by molar-refractivity contribution is 0.775. The Kier molecular flexibility index (Phi) is 3.30. The van der Waals surface area contributed by atoms with E-state index >= 15 is 0 Å². The normalized spacial score (nSPS) is 16.0. The van der Waals surface area contributed by atoms with Crippen molar-refractivity contribution in [2.75, 3.05) is 36.0 Å². The number of hydrogen-bond donors (Lipinski definition) is 0. The van der Waals surface area contributed by atoms with Crippen LogP contribution in [0.1, 0.15) is 6.42 Å². The molecule has 4 heterocycles. The quantitative estimate of drug-likeness (QED) is 0.709. The van der Waals surface area contributed by atoms with Gasteiger partial charge in [-0.05, 0) is 24.6 Å². The summed E-state index contributed by atoms with van der Waals surface area (Å²) in [6.07, 6.45) is 8.28. The number of imidazole rings is 1. The summed E-state index contributed by atoms with van der Waals surface area (Å²) in [5, 5.41) is 4.63. The maximum atomic E-state index is 4.63. The second-order valence-corrected chi connectivity index (χ2v) is 5.30. The van der Waals surface area contributed by atoms with Crippen molar-refractivity contribution in [3.63, 3.8) is 0 Å². The summed E-state index contributed by atoms with van der Waals surface area (Å²) >= 11 is 0. The molecule has 0 atom stereocenters. The number of aromatic nitrogens is 5. The van der Waals surface area contributed by atoms with Crippen LogP contribution in [0.25, 0.3) is 5.65 Å². The highest BCUT2D eigenvalue weighted by Crippen LogP contribution is 2.16. The molecule has 1 aliphatic rings. The molecule has 0 spiro atoms. The van der Waals surface area contributed by atoms with Gasteiger partial charge in [0, 0.05) is 51.0 Å². The predicted octanol–water partition coefficient (Wildman–Crippen LogP) is 1.24. The third-order valence-electron chi connectivity index (χ3n) is 3.90. The van der Waals surface area contributed by atoms with E-state index in [1.54, 1.807) is 18.6 Å². The molecule has 3 aromatic rings. The third kappa shape index (κ3) is 2.45. The molecule has 0 saturated carbocycles. The van der Waals surface area contributed by atoms with Crippen molar-refractivity contribution in [2.45, 2.75) is 6.42 Å². The highest BCUT2D eigenvalue weighted by molar-refractivity contribution is 5.46. The molecule has 7 nitrogen and oxygen atoms in total. The van der Waals surface area contributed by atoms with E-state index in [1.165, 1.54) is 0 Å². The molecule has 1 aliphatic heterocycles. The second-order valence-electron chi connectivity index (χ2n) is 5.30. The molecule has 0 aromatic carbocycles. The Bertz CT molecular complexity index is 755. The number of hydrogen-bond acceptors (Lipinski definition) is 6. The molecule has 3 aromatic heterocycles. The lowest BCUT2D eigenvalue weighted by Gasteiger charge is -2.22. The van der Waals surface area contributed by atoms with E-state index in [1.807, 2.05) is 28.9 Å².